The summed E-state index contributed by atoms with van der Waals surface area (Å²) in [6.45, 7) is 4.06. The van der Waals surface area contributed by atoms with Gasteiger partial charge >= 0.3 is 6.09 Å². The highest BCUT2D eigenvalue weighted by Gasteiger charge is 2.27. The SMILES string of the molecule is CCC(N)c1nc(C(=O)N2CCN(C(=O)OCc3ccccc3)CC2)cs1. The molecule has 1 atom stereocenters. The van der Waals surface area contributed by atoms with Crippen LogP contribution in [-0.4, -0.2) is 53.0 Å². The Kier molecular flexibility index (Phi) is 6.41. The number of hydrogen-bond acceptors (Lipinski definition) is 6. The lowest BCUT2D eigenvalue weighted by molar-refractivity contribution is 0.0540. The van der Waals surface area contributed by atoms with Crippen LogP contribution in [0, 0.1) is 0 Å². The normalized spacial score (nSPS) is 15.5. The molecule has 2 heterocycles. The first-order chi connectivity index (χ1) is 13.1. The number of nitrogens with zero attached hydrogens (tertiary/aromatic N) is 3. The number of ether oxygens (including phenoxy) is 1. The number of benzene rings is 1. The molecule has 1 unspecified atom stereocenters. The summed E-state index contributed by atoms with van der Waals surface area (Å²) < 4.78 is 5.35. The molecule has 0 saturated carbocycles. The van der Waals surface area contributed by atoms with E-state index in [1.54, 1.807) is 15.2 Å². The van der Waals surface area contributed by atoms with Gasteiger partial charge in [0.25, 0.3) is 5.91 Å². The Hall–Kier alpha value is -2.45. The Balaban J connectivity index is 1.48. The van der Waals surface area contributed by atoms with Gasteiger partial charge in [-0.05, 0) is 12.0 Å². The molecule has 27 heavy (non-hydrogen) atoms. The zero-order valence-electron chi connectivity index (χ0n) is 15.3. The van der Waals surface area contributed by atoms with Gasteiger partial charge in [-0.1, -0.05) is 37.3 Å². The lowest BCUT2D eigenvalue weighted by atomic mass is 10.2. The topological polar surface area (TPSA) is 88.8 Å². The van der Waals surface area contributed by atoms with Crippen molar-refractivity contribution in [3.63, 3.8) is 0 Å². The van der Waals surface area contributed by atoms with Crippen molar-refractivity contribution in [3.8, 4) is 0 Å². The minimum atomic E-state index is -0.351. The predicted octanol–water partition coefficient (Wildman–Crippen LogP) is 2.65. The van der Waals surface area contributed by atoms with E-state index in [0.29, 0.717) is 31.9 Å². The Bertz CT molecular complexity index is 772. The van der Waals surface area contributed by atoms with Gasteiger partial charge in [0.05, 0.1) is 6.04 Å². The van der Waals surface area contributed by atoms with Gasteiger partial charge in [-0.2, -0.15) is 0 Å². The highest BCUT2D eigenvalue weighted by molar-refractivity contribution is 7.09. The standard InChI is InChI=1S/C19H24N4O3S/c1-2-15(20)17-21-16(13-27-17)18(24)22-8-10-23(11-9-22)19(25)26-12-14-6-4-3-5-7-14/h3-7,13,15H,2,8-12,20H2,1H3. The number of amides is 2. The second kappa shape index (κ2) is 8.96. The average Bonchev–Trinajstić information content (AvgIpc) is 3.22. The van der Waals surface area contributed by atoms with Crippen molar-refractivity contribution in [2.45, 2.75) is 26.0 Å². The molecule has 0 aliphatic carbocycles. The zero-order valence-corrected chi connectivity index (χ0v) is 16.2. The van der Waals surface area contributed by atoms with Crippen LogP contribution in [0.2, 0.25) is 0 Å². The number of hydrogen-bond donors (Lipinski definition) is 1. The largest absolute Gasteiger partial charge is 0.445 e. The molecule has 1 aliphatic rings. The molecular formula is C19H24N4O3S. The molecule has 0 radical (unpaired) electrons. The van der Waals surface area contributed by atoms with Crippen molar-refractivity contribution in [2.24, 2.45) is 5.73 Å². The highest BCUT2D eigenvalue weighted by atomic mass is 32.1. The van der Waals surface area contributed by atoms with Gasteiger partial charge in [-0.3, -0.25) is 4.79 Å². The van der Waals surface area contributed by atoms with Crippen LogP contribution in [0.3, 0.4) is 0 Å². The first kappa shape index (κ1) is 19.3. The summed E-state index contributed by atoms with van der Waals surface area (Å²) in [4.78, 5) is 32.5. The van der Waals surface area contributed by atoms with E-state index >= 15 is 0 Å². The van der Waals surface area contributed by atoms with Gasteiger partial charge in [-0.15, -0.1) is 11.3 Å². The van der Waals surface area contributed by atoms with Gasteiger partial charge in [0.2, 0.25) is 0 Å². The Labute approximate surface area is 162 Å². The van der Waals surface area contributed by atoms with E-state index in [1.165, 1.54) is 11.3 Å². The van der Waals surface area contributed by atoms with Crippen molar-refractivity contribution in [1.29, 1.82) is 0 Å². The van der Waals surface area contributed by atoms with E-state index in [4.69, 9.17) is 10.5 Å². The van der Waals surface area contributed by atoms with E-state index in [0.717, 1.165) is 17.0 Å². The fourth-order valence-corrected chi connectivity index (χ4v) is 3.67. The molecule has 1 aliphatic heterocycles. The van der Waals surface area contributed by atoms with Crippen molar-refractivity contribution in [1.82, 2.24) is 14.8 Å². The third kappa shape index (κ3) is 4.84. The van der Waals surface area contributed by atoms with Gasteiger partial charge in [0.1, 0.15) is 17.3 Å². The van der Waals surface area contributed by atoms with Crippen LogP contribution in [-0.2, 0) is 11.3 Å². The zero-order chi connectivity index (χ0) is 19.2. The molecule has 7 nitrogen and oxygen atoms in total. The third-order valence-corrected chi connectivity index (χ3v) is 5.50. The number of carbonyl (C=O) groups is 2. The number of piperazine rings is 1. The quantitative estimate of drug-likeness (QED) is 0.851. The minimum absolute atomic E-state index is 0.113. The maximum atomic E-state index is 12.6. The van der Waals surface area contributed by atoms with Gasteiger partial charge < -0.3 is 20.3 Å². The number of thiazole rings is 1. The average molecular weight is 388 g/mol. The van der Waals surface area contributed by atoms with Crippen LogP contribution in [0.1, 0.15) is 40.4 Å². The van der Waals surface area contributed by atoms with Crippen LogP contribution in [0.5, 0.6) is 0 Å². The molecule has 2 N–H and O–H groups in total. The number of rotatable bonds is 5. The number of carbonyl (C=O) groups excluding carboxylic acids is 2. The van der Waals surface area contributed by atoms with Crippen LogP contribution >= 0.6 is 11.3 Å². The highest BCUT2D eigenvalue weighted by Crippen LogP contribution is 2.20. The second-order valence-electron chi connectivity index (χ2n) is 6.41. The molecule has 0 spiro atoms. The molecular weight excluding hydrogens is 364 g/mol. The lowest BCUT2D eigenvalue weighted by Gasteiger charge is -2.33. The first-order valence-corrected chi connectivity index (χ1v) is 9.92. The Morgan fingerprint density at radius 2 is 1.85 bits per heavy atom. The fraction of sp³-hybridized carbons (Fsp3) is 0.421. The van der Waals surface area contributed by atoms with Gasteiger partial charge in [0.15, 0.2) is 0 Å². The Morgan fingerprint density at radius 1 is 1.19 bits per heavy atom. The van der Waals surface area contributed by atoms with Crippen molar-refractivity contribution < 1.29 is 14.3 Å². The Morgan fingerprint density at radius 3 is 2.52 bits per heavy atom. The maximum Gasteiger partial charge on any atom is 0.410 e. The maximum absolute atomic E-state index is 12.6. The minimum Gasteiger partial charge on any atom is -0.445 e. The van der Waals surface area contributed by atoms with Crippen LogP contribution in [0.25, 0.3) is 0 Å². The number of nitrogens with two attached hydrogens (primary N) is 1. The summed E-state index contributed by atoms with van der Waals surface area (Å²) in [5.41, 5.74) is 7.35. The molecule has 1 aromatic heterocycles. The second-order valence-corrected chi connectivity index (χ2v) is 7.29. The first-order valence-electron chi connectivity index (χ1n) is 9.04. The molecule has 3 rings (SSSR count). The van der Waals surface area contributed by atoms with E-state index in [9.17, 15) is 9.59 Å². The summed E-state index contributed by atoms with van der Waals surface area (Å²) in [7, 11) is 0. The summed E-state index contributed by atoms with van der Waals surface area (Å²) in [5, 5.41) is 2.54. The smallest absolute Gasteiger partial charge is 0.410 e. The van der Waals surface area contributed by atoms with Crippen LogP contribution in [0.4, 0.5) is 4.79 Å². The lowest BCUT2D eigenvalue weighted by Crippen LogP contribution is -2.50. The van der Waals surface area contributed by atoms with Gasteiger partial charge in [0, 0.05) is 31.6 Å². The fourth-order valence-electron chi connectivity index (χ4n) is 2.80. The molecule has 1 saturated heterocycles. The summed E-state index contributed by atoms with van der Waals surface area (Å²) >= 11 is 1.42. The molecule has 144 valence electrons. The molecule has 2 aromatic rings. The monoisotopic (exact) mass is 388 g/mol. The van der Waals surface area contributed by atoms with E-state index < -0.39 is 0 Å². The van der Waals surface area contributed by atoms with E-state index in [2.05, 4.69) is 4.98 Å². The predicted molar refractivity (Wildman–Crippen MR) is 103 cm³/mol. The van der Waals surface area contributed by atoms with Gasteiger partial charge in [-0.25, -0.2) is 9.78 Å². The summed E-state index contributed by atoms with van der Waals surface area (Å²) in [5.74, 6) is -0.113. The van der Waals surface area contributed by atoms with Crippen molar-refractivity contribution >= 4 is 23.3 Å². The summed E-state index contributed by atoms with van der Waals surface area (Å²) in [6, 6.07) is 9.43. The molecule has 2 amide bonds. The van der Waals surface area contributed by atoms with E-state index in [-0.39, 0.29) is 24.6 Å². The molecule has 0 bridgehead atoms. The molecule has 8 heteroatoms. The van der Waals surface area contributed by atoms with Crippen LogP contribution in [0.15, 0.2) is 35.7 Å². The van der Waals surface area contributed by atoms with Crippen molar-refractivity contribution in [2.75, 3.05) is 26.2 Å². The number of aromatic nitrogens is 1. The third-order valence-electron chi connectivity index (χ3n) is 4.53. The van der Waals surface area contributed by atoms with Crippen molar-refractivity contribution in [3.05, 3.63) is 52.0 Å². The molecule has 1 fully saturated rings. The molecule has 1 aromatic carbocycles. The van der Waals surface area contributed by atoms with Crippen LogP contribution < -0.4 is 5.73 Å². The summed E-state index contributed by atoms with van der Waals surface area (Å²) in [6.07, 6.45) is 0.432. The van der Waals surface area contributed by atoms with E-state index in [1.807, 2.05) is 37.3 Å².